The fraction of sp³-hybridized carbons (Fsp3) is 0.278. The molecule has 1 aliphatic heterocycles. The molecule has 0 bridgehead atoms. The first-order valence-corrected chi connectivity index (χ1v) is 9.44. The van der Waals surface area contributed by atoms with Gasteiger partial charge in [0, 0.05) is 6.07 Å². The van der Waals surface area contributed by atoms with E-state index in [9.17, 15) is 13.2 Å². The lowest BCUT2D eigenvalue weighted by Gasteiger charge is -2.34. The van der Waals surface area contributed by atoms with Crippen LogP contribution in [0.15, 0.2) is 47.4 Å². The van der Waals surface area contributed by atoms with E-state index in [4.69, 9.17) is 18.9 Å². The topological polar surface area (TPSA) is 91.4 Å². The molecule has 8 nitrogen and oxygen atoms in total. The second-order valence-electron chi connectivity index (χ2n) is 5.65. The third kappa shape index (κ3) is 3.37. The first kappa shape index (κ1) is 18.8. The minimum atomic E-state index is -4.08. The third-order valence-corrected chi connectivity index (χ3v) is 5.94. The summed E-state index contributed by atoms with van der Waals surface area (Å²) in [5.74, 6) is 0.127. The van der Waals surface area contributed by atoms with Crippen LogP contribution in [0, 0.1) is 0 Å². The highest BCUT2D eigenvalue weighted by Gasteiger charge is 2.39. The Bertz CT molecular complexity index is 958. The summed E-state index contributed by atoms with van der Waals surface area (Å²) < 4.78 is 48.7. The molecule has 0 saturated heterocycles. The van der Waals surface area contributed by atoms with Gasteiger partial charge in [-0.1, -0.05) is 12.1 Å². The molecule has 0 fully saturated rings. The molecule has 1 heterocycles. The second kappa shape index (κ2) is 7.36. The van der Waals surface area contributed by atoms with Gasteiger partial charge in [0.25, 0.3) is 10.0 Å². The van der Waals surface area contributed by atoms with Crippen LogP contribution in [-0.2, 0) is 19.6 Å². The number of carbonyl (C=O) groups is 1. The Morgan fingerprint density at radius 2 is 1.85 bits per heavy atom. The number of carbonyl (C=O) groups excluding carboxylic acids is 1. The zero-order chi connectivity index (χ0) is 19.6. The summed E-state index contributed by atoms with van der Waals surface area (Å²) in [7, 11) is -0.0462. The summed E-state index contributed by atoms with van der Waals surface area (Å²) in [4.78, 5) is 11.9. The van der Waals surface area contributed by atoms with Gasteiger partial charge in [-0.3, -0.25) is 4.31 Å². The summed E-state index contributed by atoms with van der Waals surface area (Å²) in [6.07, 6.45) is -1.09. The van der Waals surface area contributed by atoms with Crippen molar-refractivity contribution in [3.05, 3.63) is 42.5 Å². The molecule has 144 valence electrons. The van der Waals surface area contributed by atoms with E-state index < -0.39 is 22.1 Å². The van der Waals surface area contributed by atoms with Gasteiger partial charge >= 0.3 is 5.97 Å². The van der Waals surface area contributed by atoms with Crippen LogP contribution >= 0.6 is 0 Å². The molecule has 0 spiro atoms. The van der Waals surface area contributed by atoms with Crippen molar-refractivity contribution in [3.8, 4) is 17.2 Å². The van der Waals surface area contributed by atoms with Crippen molar-refractivity contribution in [2.75, 3.05) is 32.2 Å². The van der Waals surface area contributed by atoms with Crippen LogP contribution in [-0.4, -0.2) is 48.4 Å². The van der Waals surface area contributed by atoms with Gasteiger partial charge in [0.15, 0.2) is 0 Å². The van der Waals surface area contributed by atoms with Crippen molar-refractivity contribution in [3.63, 3.8) is 0 Å². The Morgan fingerprint density at radius 1 is 1.11 bits per heavy atom. The highest BCUT2D eigenvalue weighted by molar-refractivity contribution is 7.93. The van der Waals surface area contributed by atoms with E-state index in [0.29, 0.717) is 11.4 Å². The van der Waals surface area contributed by atoms with Crippen molar-refractivity contribution in [1.82, 2.24) is 0 Å². The first-order chi connectivity index (χ1) is 12.9. The molecule has 1 aliphatic rings. The van der Waals surface area contributed by atoms with Gasteiger partial charge in [0.1, 0.15) is 22.1 Å². The molecule has 2 aromatic carbocycles. The molecule has 0 N–H and O–H groups in total. The predicted molar refractivity (Wildman–Crippen MR) is 97.0 cm³/mol. The summed E-state index contributed by atoms with van der Waals surface area (Å²) in [5.41, 5.74) is 0.322. The van der Waals surface area contributed by atoms with Crippen LogP contribution in [0.1, 0.15) is 0 Å². The van der Waals surface area contributed by atoms with Crippen LogP contribution < -0.4 is 18.5 Å². The lowest BCUT2D eigenvalue weighted by atomic mass is 10.2. The summed E-state index contributed by atoms with van der Waals surface area (Å²) in [6.45, 7) is -0.230. The normalized spacial score (nSPS) is 16.1. The number of hydrogen-bond acceptors (Lipinski definition) is 7. The zero-order valence-electron chi connectivity index (χ0n) is 15.0. The van der Waals surface area contributed by atoms with Gasteiger partial charge in [-0.25, -0.2) is 13.2 Å². The smallest absolute Gasteiger partial charge is 0.348 e. The standard InChI is InChI=1S/C18H19NO7S/c1-23-12-8-9-15(24-2)17(10-12)27(21,22)19-11-16(18(20)25-3)26-14-7-5-4-6-13(14)19/h4-10,16H,11H2,1-3H3/t16-/m0/s1. The Balaban J connectivity index is 2.14. The molecule has 0 radical (unpaired) electrons. The van der Waals surface area contributed by atoms with Crippen molar-refractivity contribution in [1.29, 1.82) is 0 Å². The Labute approximate surface area is 157 Å². The molecule has 0 unspecified atom stereocenters. The number of fused-ring (bicyclic) bond motifs is 1. The molecule has 0 aromatic heterocycles. The minimum absolute atomic E-state index is 0.0790. The van der Waals surface area contributed by atoms with Crippen LogP contribution in [0.4, 0.5) is 5.69 Å². The van der Waals surface area contributed by atoms with Crippen LogP contribution in [0.2, 0.25) is 0 Å². The van der Waals surface area contributed by atoms with Gasteiger partial charge in [-0.05, 0) is 24.3 Å². The number of esters is 1. The average Bonchev–Trinajstić information content (AvgIpc) is 2.71. The SMILES string of the molecule is COC(=O)[C@@H]1CN(S(=O)(=O)c2cc(OC)ccc2OC)c2ccccc2O1. The molecular weight excluding hydrogens is 374 g/mol. The molecular formula is C18H19NO7S. The zero-order valence-corrected chi connectivity index (χ0v) is 15.9. The molecule has 2 aromatic rings. The van der Waals surface area contributed by atoms with Crippen molar-refractivity contribution in [2.45, 2.75) is 11.0 Å². The van der Waals surface area contributed by atoms with Gasteiger partial charge < -0.3 is 18.9 Å². The maximum Gasteiger partial charge on any atom is 0.348 e. The highest BCUT2D eigenvalue weighted by atomic mass is 32.2. The molecule has 0 aliphatic carbocycles. The maximum absolute atomic E-state index is 13.4. The average molecular weight is 393 g/mol. The van der Waals surface area contributed by atoms with E-state index in [2.05, 4.69) is 0 Å². The summed E-state index contributed by atoms with van der Waals surface area (Å²) in [5, 5.41) is 0. The van der Waals surface area contributed by atoms with E-state index in [1.807, 2.05) is 0 Å². The van der Waals surface area contributed by atoms with E-state index in [1.165, 1.54) is 33.5 Å². The lowest BCUT2D eigenvalue weighted by Crippen LogP contribution is -2.47. The van der Waals surface area contributed by atoms with Crippen molar-refractivity contribution >= 4 is 21.7 Å². The van der Waals surface area contributed by atoms with E-state index in [0.717, 1.165) is 4.31 Å². The second-order valence-corrected chi connectivity index (χ2v) is 7.48. The third-order valence-electron chi connectivity index (χ3n) is 4.14. The number of hydrogen-bond donors (Lipinski definition) is 0. The maximum atomic E-state index is 13.4. The quantitative estimate of drug-likeness (QED) is 0.716. The van der Waals surface area contributed by atoms with E-state index in [1.54, 1.807) is 30.3 Å². The Morgan fingerprint density at radius 3 is 2.52 bits per heavy atom. The number of sulfonamides is 1. The van der Waals surface area contributed by atoms with E-state index >= 15 is 0 Å². The first-order valence-electron chi connectivity index (χ1n) is 8.00. The molecule has 3 rings (SSSR count). The number of rotatable bonds is 5. The van der Waals surface area contributed by atoms with Gasteiger partial charge in [0.05, 0.1) is 33.6 Å². The van der Waals surface area contributed by atoms with Gasteiger partial charge in [0.2, 0.25) is 6.10 Å². The van der Waals surface area contributed by atoms with Gasteiger partial charge in [-0.15, -0.1) is 0 Å². The monoisotopic (exact) mass is 393 g/mol. The van der Waals surface area contributed by atoms with Crippen molar-refractivity contribution < 1.29 is 32.2 Å². The fourth-order valence-electron chi connectivity index (χ4n) is 2.79. The molecule has 9 heteroatoms. The Hall–Kier alpha value is -2.94. The van der Waals surface area contributed by atoms with Crippen LogP contribution in [0.3, 0.4) is 0 Å². The summed E-state index contributed by atoms with van der Waals surface area (Å²) in [6, 6.07) is 11.1. The predicted octanol–water partition coefficient (Wildman–Crippen LogP) is 1.83. The minimum Gasteiger partial charge on any atom is -0.497 e. The van der Waals surface area contributed by atoms with Gasteiger partial charge in [-0.2, -0.15) is 0 Å². The van der Waals surface area contributed by atoms with Crippen LogP contribution in [0.25, 0.3) is 0 Å². The molecule has 1 atom stereocenters. The van der Waals surface area contributed by atoms with E-state index in [-0.39, 0.29) is 22.9 Å². The van der Waals surface area contributed by atoms with Crippen LogP contribution in [0.5, 0.6) is 17.2 Å². The molecule has 0 amide bonds. The lowest BCUT2D eigenvalue weighted by molar-refractivity contribution is -0.148. The number of benzene rings is 2. The number of para-hydroxylation sites is 2. The number of methoxy groups -OCH3 is 3. The number of ether oxygens (including phenoxy) is 4. The largest absolute Gasteiger partial charge is 0.497 e. The molecule has 27 heavy (non-hydrogen) atoms. The fourth-order valence-corrected chi connectivity index (χ4v) is 4.44. The molecule has 0 saturated carbocycles. The Kier molecular flexibility index (Phi) is 5.13. The van der Waals surface area contributed by atoms with Crippen molar-refractivity contribution in [2.24, 2.45) is 0 Å². The highest BCUT2D eigenvalue weighted by Crippen LogP contribution is 2.39. The number of anilines is 1. The summed E-state index contributed by atoms with van der Waals surface area (Å²) >= 11 is 0. The number of nitrogens with zero attached hydrogens (tertiary/aromatic N) is 1.